The third-order valence-electron chi connectivity index (χ3n) is 3.04. The highest BCUT2D eigenvalue weighted by Crippen LogP contribution is 2.28. The van der Waals surface area contributed by atoms with Crippen LogP contribution in [0.1, 0.15) is 39.0 Å². The first-order valence-electron chi connectivity index (χ1n) is 5.51. The first-order chi connectivity index (χ1) is 6.74. The van der Waals surface area contributed by atoms with E-state index in [4.69, 9.17) is 0 Å². The lowest BCUT2D eigenvalue weighted by atomic mass is 9.81. The van der Waals surface area contributed by atoms with Crippen LogP contribution in [-0.4, -0.2) is 5.78 Å². The summed E-state index contributed by atoms with van der Waals surface area (Å²) in [5, 5.41) is 0. The number of carbonyl (C=O) groups is 1. The molecule has 1 nitrogen and oxygen atoms in total. The maximum absolute atomic E-state index is 11.4. The molecular weight excluding hydrogens is 172 g/mol. The summed E-state index contributed by atoms with van der Waals surface area (Å²) in [6.45, 7) is 5.79. The van der Waals surface area contributed by atoms with E-state index in [0.717, 1.165) is 12.8 Å². The molecule has 0 spiro atoms. The van der Waals surface area contributed by atoms with E-state index in [1.165, 1.54) is 12.8 Å². The van der Waals surface area contributed by atoms with Gasteiger partial charge in [0.25, 0.3) is 0 Å². The molecule has 0 N–H and O–H groups in total. The molecule has 0 aliphatic heterocycles. The van der Waals surface area contributed by atoms with E-state index >= 15 is 0 Å². The molecule has 0 heterocycles. The van der Waals surface area contributed by atoms with Gasteiger partial charge in [0, 0.05) is 12.8 Å². The fourth-order valence-electron chi connectivity index (χ4n) is 2.10. The standard InChI is InChI=1S/C13H20O/c1-3-7-13(14)10-11(2)12-8-5-4-6-9-12/h3-5,11-12H,1,6-10H2,2H3. The van der Waals surface area contributed by atoms with Crippen molar-refractivity contribution in [2.75, 3.05) is 0 Å². The monoisotopic (exact) mass is 192 g/mol. The summed E-state index contributed by atoms with van der Waals surface area (Å²) in [5.41, 5.74) is 0. The van der Waals surface area contributed by atoms with Gasteiger partial charge in [-0.25, -0.2) is 0 Å². The van der Waals surface area contributed by atoms with Crippen LogP contribution in [0.25, 0.3) is 0 Å². The van der Waals surface area contributed by atoms with E-state index in [1.54, 1.807) is 6.08 Å². The Morgan fingerprint density at radius 1 is 1.64 bits per heavy atom. The minimum absolute atomic E-state index is 0.335. The number of ketones is 1. The predicted molar refractivity (Wildman–Crippen MR) is 60.1 cm³/mol. The number of hydrogen-bond acceptors (Lipinski definition) is 1. The molecule has 0 fully saturated rings. The van der Waals surface area contributed by atoms with Crippen molar-refractivity contribution in [2.24, 2.45) is 11.8 Å². The molecule has 1 aliphatic carbocycles. The fourth-order valence-corrected chi connectivity index (χ4v) is 2.10. The first-order valence-corrected chi connectivity index (χ1v) is 5.51. The van der Waals surface area contributed by atoms with Gasteiger partial charge in [0.15, 0.2) is 0 Å². The Labute approximate surface area is 86.9 Å². The van der Waals surface area contributed by atoms with Gasteiger partial charge in [-0.15, -0.1) is 6.58 Å². The van der Waals surface area contributed by atoms with E-state index in [1.807, 2.05) is 0 Å². The topological polar surface area (TPSA) is 17.1 Å². The summed E-state index contributed by atoms with van der Waals surface area (Å²) in [6, 6.07) is 0. The van der Waals surface area contributed by atoms with Gasteiger partial charge >= 0.3 is 0 Å². The normalized spacial score (nSPS) is 23.1. The van der Waals surface area contributed by atoms with Gasteiger partial charge in [-0.2, -0.15) is 0 Å². The summed E-state index contributed by atoms with van der Waals surface area (Å²) in [6.07, 6.45) is 11.1. The molecule has 0 radical (unpaired) electrons. The van der Waals surface area contributed by atoms with Gasteiger partial charge in [-0.1, -0.05) is 25.2 Å². The van der Waals surface area contributed by atoms with Gasteiger partial charge in [-0.05, 0) is 31.1 Å². The maximum atomic E-state index is 11.4. The van der Waals surface area contributed by atoms with Crippen molar-refractivity contribution in [3.8, 4) is 0 Å². The molecule has 0 bridgehead atoms. The van der Waals surface area contributed by atoms with E-state index in [0.29, 0.717) is 24.0 Å². The molecule has 2 atom stereocenters. The quantitative estimate of drug-likeness (QED) is 0.609. The molecule has 2 unspecified atom stereocenters. The third-order valence-corrected chi connectivity index (χ3v) is 3.04. The van der Waals surface area contributed by atoms with Crippen LogP contribution in [-0.2, 0) is 4.79 Å². The minimum Gasteiger partial charge on any atom is -0.299 e. The second-order valence-corrected chi connectivity index (χ2v) is 4.26. The molecule has 0 aromatic heterocycles. The van der Waals surface area contributed by atoms with Crippen molar-refractivity contribution in [1.82, 2.24) is 0 Å². The second kappa shape index (κ2) is 5.79. The summed E-state index contributed by atoms with van der Waals surface area (Å²) < 4.78 is 0. The van der Waals surface area contributed by atoms with E-state index in [9.17, 15) is 4.79 Å². The van der Waals surface area contributed by atoms with Gasteiger partial charge < -0.3 is 0 Å². The van der Waals surface area contributed by atoms with Gasteiger partial charge in [0.2, 0.25) is 0 Å². The maximum Gasteiger partial charge on any atom is 0.136 e. The number of rotatable bonds is 5. The lowest BCUT2D eigenvalue weighted by Crippen LogP contribution is -2.16. The van der Waals surface area contributed by atoms with Crippen molar-refractivity contribution < 1.29 is 4.79 Å². The van der Waals surface area contributed by atoms with Gasteiger partial charge in [0.05, 0.1) is 0 Å². The average Bonchev–Trinajstić information content (AvgIpc) is 2.19. The van der Waals surface area contributed by atoms with Crippen LogP contribution in [0, 0.1) is 11.8 Å². The zero-order valence-electron chi connectivity index (χ0n) is 9.04. The van der Waals surface area contributed by atoms with E-state index in [-0.39, 0.29) is 0 Å². The van der Waals surface area contributed by atoms with Gasteiger partial charge in [0.1, 0.15) is 5.78 Å². The molecule has 1 rings (SSSR count). The van der Waals surface area contributed by atoms with Crippen LogP contribution in [0.2, 0.25) is 0 Å². The molecule has 0 aromatic rings. The van der Waals surface area contributed by atoms with Crippen LogP contribution in [0.15, 0.2) is 24.8 Å². The van der Waals surface area contributed by atoms with Crippen LogP contribution in [0.4, 0.5) is 0 Å². The Morgan fingerprint density at radius 2 is 2.43 bits per heavy atom. The summed E-state index contributed by atoms with van der Waals surface area (Å²) in [5.74, 6) is 1.59. The highest BCUT2D eigenvalue weighted by atomic mass is 16.1. The van der Waals surface area contributed by atoms with Crippen molar-refractivity contribution in [3.63, 3.8) is 0 Å². The molecule has 0 saturated carbocycles. The summed E-state index contributed by atoms with van der Waals surface area (Å²) in [4.78, 5) is 11.4. The minimum atomic E-state index is 0.335. The first kappa shape index (κ1) is 11.2. The highest BCUT2D eigenvalue weighted by molar-refractivity contribution is 5.79. The molecule has 0 amide bonds. The molecule has 14 heavy (non-hydrogen) atoms. The summed E-state index contributed by atoms with van der Waals surface area (Å²) in [7, 11) is 0. The Morgan fingerprint density at radius 3 is 3.00 bits per heavy atom. The lowest BCUT2D eigenvalue weighted by Gasteiger charge is -2.24. The zero-order chi connectivity index (χ0) is 10.4. The fraction of sp³-hybridized carbons (Fsp3) is 0.615. The number of hydrogen-bond donors (Lipinski definition) is 0. The molecule has 78 valence electrons. The van der Waals surface area contributed by atoms with Crippen molar-refractivity contribution in [2.45, 2.75) is 39.0 Å². The predicted octanol–water partition coefficient (Wildman–Crippen LogP) is 3.51. The Kier molecular flexibility index (Phi) is 4.64. The van der Waals surface area contributed by atoms with Crippen molar-refractivity contribution >= 4 is 5.78 Å². The number of Topliss-reactive ketones (excluding diaryl/α,β-unsaturated/α-hetero) is 1. The number of carbonyl (C=O) groups excluding carboxylic acids is 1. The lowest BCUT2D eigenvalue weighted by molar-refractivity contribution is -0.119. The SMILES string of the molecule is C=CCC(=O)CC(C)C1CC=CCC1. The van der Waals surface area contributed by atoms with Crippen LogP contribution >= 0.6 is 0 Å². The molecule has 0 saturated heterocycles. The summed E-state index contributed by atoms with van der Waals surface area (Å²) >= 11 is 0. The molecule has 0 aromatic carbocycles. The smallest absolute Gasteiger partial charge is 0.136 e. The molecular formula is C13H20O. The van der Waals surface area contributed by atoms with E-state index < -0.39 is 0 Å². The van der Waals surface area contributed by atoms with Gasteiger partial charge in [-0.3, -0.25) is 4.79 Å². The van der Waals surface area contributed by atoms with Crippen LogP contribution in [0.5, 0.6) is 0 Å². The van der Waals surface area contributed by atoms with Crippen LogP contribution in [0.3, 0.4) is 0 Å². The molecule has 1 heteroatoms. The molecule has 1 aliphatic rings. The average molecular weight is 192 g/mol. The zero-order valence-corrected chi connectivity index (χ0v) is 9.04. The second-order valence-electron chi connectivity index (χ2n) is 4.26. The van der Waals surface area contributed by atoms with Crippen LogP contribution < -0.4 is 0 Å². The largest absolute Gasteiger partial charge is 0.299 e. The highest BCUT2D eigenvalue weighted by Gasteiger charge is 2.19. The third kappa shape index (κ3) is 3.49. The Bertz CT molecular complexity index is 227. The number of allylic oxidation sites excluding steroid dienone is 3. The van der Waals surface area contributed by atoms with Crippen molar-refractivity contribution in [1.29, 1.82) is 0 Å². The Balaban J connectivity index is 2.33. The van der Waals surface area contributed by atoms with Crippen molar-refractivity contribution in [3.05, 3.63) is 24.8 Å². The van der Waals surface area contributed by atoms with E-state index in [2.05, 4.69) is 25.7 Å². The Hall–Kier alpha value is -0.850.